The van der Waals surface area contributed by atoms with Crippen molar-refractivity contribution in [2.75, 3.05) is 25.7 Å². The standard InChI is InChI=1S/C14H20O6S2/c1-21(15,16)19-3-5-6(4-20-22(2,17)18)8-11-9-7(5)10-12(8)14(11)13(9)10/h5-14H,3-4H2,1-2H3/t5-,6+,7?,8?,9-,10+,11-,12-,13?,14?/m1/s1. The molecule has 0 spiro atoms. The summed E-state index contributed by atoms with van der Waals surface area (Å²) < 4.78 is 55.5. The van der Waals surface area contributed by atoms with E-state index in [4.69, 9.17) is 8.37 Å². The van der Waals surface area contributed by atoms with Crippen LogP contribution in [0.25, 0.3) is 0 Å². The molecule has 0 saturated heterocycles. The van der Waals surface area contributed by atoms with E-state index in [0.717, 1.165) is 48.0 Å². The van der Waals surface area contributed by atoms with Crippen LogP contribution in [0.2, 0.25) is 0 Å². The van der Waals surface area contributed by atoms with Gasteiger partial charge in [-0.25, -0.2) is 0 Å². The van der Waals surface area contributed by atoms with Crippen molar-refractivity contribution in [3.8, 4) is 0 Å². The average molecular weight is 348 g/mol. The molecule has 2 bridgehead atoms. The van der Waals surface area contributed by atoms with Crippen molar-refractivity contribution < 1.29 is 25.2 Å². The first-order chi connectivity index (χ1) is 10.2. The fourth-order valence-electron chi connectivity index (χ4n) is 7.14. The molecule has 6 saturated carbocycles. The second kappa shape index (κ2) is 3.90. The highest BCUT2D eigenvalue weighted by atomic mass is 32.2. The molecule has 6 aliphatic carbocycles. The Hall–Kier alpha value is -0.180. The summed E-state index contributed by atoms with van der Waals surface area (Å²) in [5.74, 6) is 6.14. The maximum atomic E-state index is 11.3. The Kier molecular flexibility index (Phi) is 2.51. The Bertz CT molecular complexity index is 659. The maximum absolute atomic E-state index is 11.3. The predicted molar refractivity (Wildman–Crippen MR) is 76.5 cm³/mol. The third kappa shape index (κ3) is 1.53. The van der Waals surface area contributed by atoms with E-state index in [9.17, 15) is 16.8 Å². The van der Waals surface area contributed by atoms with Crippen LogP contribution in [0.1, 0.15) is 0 Å². The fourth-order valence-corrected chi connectivity index (χ4v) is 7.95. The molecule has 0 aliphatic heterocycles. The summed E-state index contributed by atoms with van der Waals surface area (Å²) in [6.07, 6.45) is 2.14. The molecule has 0 aromatic heterocycles. The van der Waals surface area contributed by atoms with E-state index in [-0.39, 0.29) is 25.0 Å². The molecule has 10 atom stereocenters. The number of rotatable bonds is 6. The molecule has 0 heterocycles. The van der Waals surface area contributed by atoms with E-state index in [2.05, 4.69) is 0 Å². The van der Waals surface area contributed by atoms with Crippen molar-refractivity contribution in [2.24, 2.45) is 59.2 Å². The molecule has 6 aliphatic rings. The fraction of sp³-hybridized carbons (Fsp3) is 1.00. The van der Waals surface area contributed by atoms with Crippen LogP contribution in [0.3, 0.4) is 0 Å². The summed E-state index contributed by atoms with van der Waals surface area (Å²) in [6.45, 7) is 0.364. The van der Waals surface area contributed by atoms with Gasteiger partial charge >= 0.3 is 0 Å². The van der Waals surface area contributed by atoms with Gasteiger partial charge in [0.2, 0.25) is 0 Å². The van der Waals surface area contributed by atoms with Crippen LogP contribution in [0, 0.1) is 59.2 Å². The molecule has 0 radical (unpaired) electrons. The third-order valence-corrected chi connectivity index (χ3v) is 8.51. The molecule has 22 heavy (non-hydrogen) atoms. The van der Waals surface area contributed by atoms with Gasteiger partial charge in [0, 0.05) is 0 Å². The van der Waals surface area contributed by atoms with Crippen LogP contribution in [-0.4, -0.2) is 42.6 Å². The normalized spacial score (nSPS) is 56.3. The number of hydrogen-bond donors (Lipinski definition) is 0. The molecular formula is C14H20O6S2. The summed E-state index contributed by atoms with van der Waals surface area (Å²) in [7, 11) is -6.93. The quantitative estimate of drug-likeness (QED) is 0.636. The van der Waals surface area contributed by atoms with Gasteiger partial charge in [0.05, 0.1) is 25.7 Å². The lowest BCUT2D eigenvalue weighted by atomic mass is 9.09. The average Bonchev–Trinajstić information content (AvgIpc) is 2.33. The Balaban J connectivity index is 1.38. The Labute approximate surface area is 130 Å². The van der Waals surface area contributed by atoms with E-state index in [1.54, 1.807) is 0 Å². The highest BCUT2D eigenvalue weighted by Crippen LogP contribution is 2.93. The highest BCUT2D eigenvalue weighted by molar-refractivity contribution is 7.86. The first-order valence-corrected chi connectivity index (χ1v) is 11.5. The van der Waals surface area contributed by atoms with Crippen LogP contribution in [0.15, 0.2) is 0 Å². The van der Waals surface area contributed by atoms with Crippen molar-refractivity contribution in [1.82, 2.24) is 0 Å². The van der Waals surface area contributed by atoms with Gasteiger partial charge in [0.15, 0.2) is 0 Å². The lowest BCUT2D eigenvalue weighted by molar-refractivity contribution is -0.487. The van der Waals surface area contributed by atoms with Gasteiger partial charge in [-0.15, -0.1) is 0 Å². The lowest BCUT2D eigenvalue weighted by Gasteiger charge is -2.95. The van der Waals surface area contributed by atoms with Crippen LogP contribution in [0.4, 0.5) is 0 Å². The Morgan fingerprint density at radius 2 is 0.864 bits per heavy atom. The zero-order chi connectivity index (χ0) is 15.6. The second-order valence-corrected chi connectivity index (χ2v) is 11.2. The number of hydrogen-bond acceptors (Lipinski definition) is 6. The van der Waals surface area contributed by atoms with Gasteiger partial charge in [-0.3, -0.25) is 8.37 Å². The zero-order valence-corrected chi connectivity index (χ0v) is 14.1. The van der Waals surface area contributed by atoms with E-state index in [1.807, 2.05) is 0 Å². The first-order valence-electron chi connectivity index (χ1n) is 7.88. The van der Waals surface area contributed by atoms with Crippen molar-refractivity contribution in [1.29, 1.82) is 0 Å². The lowest BCUT2D eigenvalue weighted by Crippen LogP contribution is -2.92. The van der Waals surface area contributed by atoms with E-state index >= 15 is 0 Å². The molecule has 124 valence electrons. The maximum Gasteiger partial charge on any atom is 0.264 e. The minimum Gasteiger partial charge on any atom is -0.270 e. The first kappa shape index (κ1) is 14.2. The smallest absolute Gasteiger partial charge is 0.264 e. The Morgan fingerprint density at radius 1 is 0.591 bits per heavy atom. The van der Waals surface area contributed by atoms with Crippen LogP contribution < -0.4 is 0 Å². The molecule has 0 aromatic rings. The van der Waals surface area contributed by atoms with Gasteiger partial charge in [0.1, 0.15) is 0 Å². The topological polar surface area (TPSA) is 86.7 Å². The third-order valence-electron chi connectivity index (χ3n) is 7.38. The monoisotopic (exact) mass is 348 g/mol. The molecule has 4 unspecified atom stereocenters. The number of fused-ring (bicyclic) bond motifs is 1. The van der Waals surface area contributed by atoms with E-state index in [0.29, 0.717) is 11.8 Å². The zero-order valence-electron chi connectivity index (χ0n) is 12.5. The Morgan fingerprint density at radius 3 is 1.14 bits per heavy atom. The van der Waals surface area contributed by atoms with Crippen molar-refractivity contribution in [3.05, 3.63) is 0 Å². The molecular weight excluding hydrogens is 328 g/mol. The molecule has 8 heteroatoms. The predicted octanol–water partition coefficient (Wildman–Crippen LogP) is 0.169. The summed E-state index contributed by atoms with van der Waals surface area (Å²) in [4.78, 5) is 0. The highest BCUT2D eigenvalue weighted by Gasteiger charge is 2.90. The molecule has 0 amide bonds. The minimum atomic E-state index is -3.47. The SMILES string of the molecule is CS(=O)(=O)OC[C@@H]1C2[C@H]3C4C5[C@@H]3C([C@H]5[C@H]42)[C@@H]1COS(C)(=O)=O. The summed E-state index contributed by atoms with van der Waals surface area (Å²) >= 11 is 0. The summed E-state index contributed by atoms with van der Waals surface area (Å²) in [6, 6.07) is 0. The van der Waals surface area contributed by atoms with Gasteiger partial charge in [-0.2, -0.15) is 16.8 Å². The van der Waals surface area contributed by atoms with Crippen LogP contribution >= 0.6 is 0 Å². The van der Waals surface area contributed by atoms with Crippen molar-refractivity contribution >= 4 is 20.2 Å². The second-order valence-electron chi connectivity index (χ2n) is 7.92. The van der Waals surface area contributed by atoms with Crippen LogP contribution in [-0.2, 0) is 28.6 Å². The molecule has 6 fully saturated rings. The molecule has 6 rings (SSSR count). The summed E-state index contributed by atoms with van der Waals surface area (Å²) in [5.41, 5.74) is 0. The molecule has 0 N–H and O–H groups in total. The van der Waals surface area contributed by atoms with Crippen LogP contribution in [0.5, 0.6) is 0 Å². The summed E-state index contributed by atoms with van der Waals surface area (Å²) in [5, 5.41) is 0. The minimum absolute atomic E-state index is 0.126. The molecule has 0 aromatic carbocycles. The van der Waals surface area contributed by atoms with Gasteiger partial charge in [0.25, 0.3) is 20.2 Å². The molecule has 6 nitrogen and oxygen atoms in total. The van der Waals surface area contributed by atoms with E-state index in [1.165, 1.54) is 0 Å². The van der Waals surface area contributed by atoms with Gasteiger partial charge < -0.3 is 0 Å². The van der Waals surface area contributed by atoms with Crippen molar-refractivity contribution in [2.45, 2.75) is 0 Å². The van der Waals surface area contributed by atoms with E-state index < -0.39 is 20.2 Å². The van der Waals surface area contributed by atoms with Crippen molar-refractivity contribution in [3.63, 3.8) is 0 Å². The largest absolute Gasteiger partial charge is 0.270 e. The van der Waals surface area contributed by atoms with Gasteiger partial charge in [-0.05, 0) is 59.2 Å². The van der Waals surface area contributed by atoms with Gasteiger partial charge in [-0.1, -0.05) is 0 Å².